The van der Waals surface area contributed by atoms with E-state index in [1.807, 2.05) is 7.05 Å². The summed E-state index contributed by atoms with van der Waals surface area (Å²) in [6.45, 7) is 28.8. The molecule has 1 atom stereocenters. The first kappa shape index (κ1) is 34.3. The van der Waals surface area contributed by atoms with Crippen molar-refractivity contribution in [1.29, 1.82) is 0 Å². The predicted molar refractivity (Wildman–Crippen MR) is 185 cm³/mol. The van der Waals surface area contributed by atoms with Gasteiger partial charge in [-0.1, -0.05) is 46.8 Å². The van der Waals surface area contributed by atoms with E-state index >= 15 is 0 Å². The van der Waals surface area contributed by atoms with Crippen LogP contribution in [-0.4, -0.2) is 157 Å². The SMILES string of the molecule is CCN1CCN(CC)CCN(CC)C(Cc2ccc(Nc3nc(NC)nc(N4CCN(CC)CC4)n3)cc2)CN(CC)CC1. The topological polar surface area (TPSA) is 82.2 Å². The van der Waals surface area contributed by atoms with Crippen LogP contribution in [0.2, 0.25) is 0 Å². The summed E-state index contributed by atoms with van der Waals surface area (Å²) in [5, 5.41) is 6.55. The maximum atomic E-state index is 4.80. The molecule has 2 aliphatic rings. The van der Waals surface area contributed by atoms with Gasteiger partial charge in [0.1, 0.15) is 0 Å². The van der Waals surface area contributed by atoms with Crippen molar-refractivity contribution in [1.82, 2.24) is 39.5 Å². The largest absolute Gasteiger partial charge is 0.357 e. The Kier molecular flexibility index (Phi) is 13.9. The standard InChI is InChI=1S/C33H59N11/c1-7-39-16-17-40(8-2)20-23-43(11-5)30(27-42(10-4)19-18-39)26-28-12-14-29(15-13-28)35-32-36-31(34-6)37-33(38-32)44-24-21-41(9-3)22-25-44/h12-15,30H,7-11,16-27H2,1-6H3,(H2,34,35,36,37,38). The molecule has 0 bridgehead atoms. The first-order valence-corrected chi connectivity index (χ1v) is 17.2. The third-order valence-electron chi connectivity index (χ3n) is 9.53. The average molecular weight is 610 g/mol. The van der Waals surface area contributed by atoms with Gasteiger partial charge in [-0.25, -0.2) is 0 Å². The van der Waals surface area contributed by atoms with E-state index in [1.165, 1.54) is 5.56 Å². The molecule has 1 aromatic carbocycles. The Labute approximate surface area is 267 Å². The molecule has 0 radical (unpaired) electrons. The highest BCUT2D eigenvalue weighted by Gasteiger charge is 2.23. The fourth-order valence-corrected chi connectivity index (χ4v) is 6.34. The zero-order chi connectivity index (χ0) is 31.3. The van der Waals surface area contributed by atoms with E-state index in [9.17, 15) is 0 Å². The maximum Gasteiger partial charge on any atom is 0.233 e. The molecule has 2 saturated heterocycles. The molecule has 11 heteroatoms. The third-order valence-corrected chi connectivity index (χ3v) is 9.53. The molecule has 2 N–H and O–H groups in total. The number of likely N-dealkylation sites (N-methyl/N-ethyl adjacent to an activating group) is 5. The number of benzene rings is 1. The lowest BCUT2D eigenvalue weighted by Gasteiger charge is -2.38. The lowest BCUT2D eigenvalue weighted by atomic mass is 10.0. The summed E-state index contributed by atoms with van der Waals surface area (Å²) >= 11 is 0. The van der Waals surface area contributed by atoms with Gasteiger partial charge in [-0.3, -0.25) is 4.90 Å². The zero-order valence-electron chi connectivity index (χ0n) is 28.4. The molecule has 2 fully saturated rings. The van der Waals surface area contributed by atoms with Crippen LogP contribution in [0.4, 0.5) is 23.5 Å². The Morgan fingerprint density at radius 2 is 1.14 bits per heavy atom. The van der Waals surface area contributed by atoms with Gasteiger partial charge in [0.25, 0.3) is 0 Å². The van der Waals surface area contributed by atoms with Crippen LogP contribution in [0, 0.1) is 0 Å². The molecule has 0 aliphatic carbocycles. The highest BCUT2D eigenvalue weighted by atomic mass is 15.4. The van der Waals surface area contributed by atoms with Crippen molar-refractivity contribution < 1.29 is 0 Å². The summed E-state index contributed by atoms with van der Waals surface area (Å²) in [7, 11) is 1.86. The molecule has 11 nitrogen and oxygen atoms in total. The van der Waals surface area contributed by atoms with E-state index in [0.29, 0.717) is 17.9 Å². The van der Waals surface area contributed by atoms with Crippen LogP contribution in [0.25, 0.3) is 0 Å². The summed E-state index contributed by atoms with van der Waals surface area (Å²) in [5.41, 5.74) is 2.36. The van der Waals surface area contributed by atoms with Crippen molar-refractivity contribution in [2.24, 2.45) is 0 Å². The molecule has 0 spiro atoms. The molecule has 0 amide bonds. The number of rotatable bonds is 11. The Morgan fingerprint density at radius 3 is 1.68 bits per heavy atom. The molecule has 3 heterocycles. The molecule has 2 aliphatic heterocycles. The fraction of sp³-hybridized carbons (Fsp3) is 0.727. The summed E-state index contributed by atoms with van der Waals surface area (Å²) in [5.74, 6) is 1.88. The first-order valence-electron chi connectivity index (χ1n) is 17.2. The predicted octanol–water partition coefficient (Wildman–Crippen LogP) is 3.01. The minimum absolute atomic E-state index is 0.476. The highest BCUT2D eigenvalue weighted by Crippen LogP contribution is 2.21. The second-order valence-electron chi connectivity index (χ2n) is 12.0. The van der Waals surface area contributed by atoms with Crippen LogP contribution >= 0.6 is 0 Å². The van der Waals surface area contributed by atoms with Crippen LogP contribution in [0.1, 0.15) is 40.2 Å². The average Bonchev–Trinajstić information content (AvgIpc) is 3.06. The van der Waals surface area contributed by atoms with Gasteiger partial charge < -0.3 is 35.1 Å². The lowest BCUT2D eigenvalue weighted by Crippen LogP contribution is -2.50. The van der Waals surface area contributed by atoms with E-state index in [2.05, 4.69) is 109 Å². The monoisotopic (exact) mass is 609 g/mol. The van der Waals surface area contributed by atoms with Gasteiger partial charge >= 0.3 is 0 Å². The second-order valence-corrected chi connectivity index (χ2v) is 12.0. The third kappa shape index (κ3) is 9.97. The molecule has 1 aromatic heterocycles. The fourth-order valence-electron chi connectivity index (χ4n) is 6.34. The van der Waals surface area contributed by atoms with Crippen LogP contribution in [-0.2, 0) is 6.42 Å². The Balaban J connectivity index is 1.45. The summed E-state index contributed by atoms with van der Waals surface area (Å²) in [6, 6.07) is 9.35. The van der Waals surface area contributed by atoms with Crippen molar-refractivity contribution in [2.75, 3.05) is 127 Å². The van der Waals surface area contributed by atoms with Gasteiger partial charge in [-0.05, 0) is 56.8 Å². The molecule has 0 saturated carbocycles. The van der Waals surface area contributed by atoms with Crippen molar-refractivity contribution in [2.45, 2.75) is 47.1 Å². The normalized spacial score (nSPS) is 21.1. The van der Waals surface area contributed by atoms with Gasteiger partial charge in [0, 0.05) is 90.8 Å². The summed E-state index contributed by atoms with van der Waals surface area (Å²) in [4.78, 5) is 29.4. The van der Waals surface area contributed by atoms with E-state index in [1.54, 1.807) is 0 Å². The number of hydrogen-bond donors (Lipinski definition) is 2. The maximum absolute atomic E-state index is 4.80. The number of anilines is 4. The van der Waals surface area contributed by atoms with E-state index in [-0.39, 0.29) is 0 Å². The minimum Gasteiger partial charge on any atom is -0.357 e. The number of hydrogen-bond acceptors (Lipinski definition) is 11. The van der Waals surface area contributed by atoms with Crippen molar-refractivity contribution >= 4 is 23.5 Å². The number of nitrogens with one attached hydrogen (secondary N) is 2. The molecule has 2 aromatic rings. The Hall–Kier alpha value is -2.57. The quantitative estimate of drug-likeness (QED) is 0.395. The van der Waals surface area contributed by atoms with E-state index in [4.69, 9.17) is 4.98 Å². The Bertz CT molecular complexity index is 1090. The molecule has 246 valence electrons. The van der Waals surface area contributed by atoms with Gasteiger partial charge in [-0.2, -0.15) is 15.0 Å². The van der Waals surface area contributed by atoms with Crippen LogP contribution in [0.15, 0.2) is 24.3 Å². The number of piperazine rings is 1. The highest BCUT2D eigenvalue weighted by molar-refractivity contribution is 5.56. The van der Waals surface area contributed by atoms with Crippen molar-refractivity contribution in [3.8, 4) is 0 Å². The number of aromatic nitrogens is 3. The van der Waals surface area contributed by atoms with Crippen molar-refractivity contribution in [3.63, 3.8) is 0 Å². The Morgan fingerprint density at radius 1 is 0.614 bits per heavy atom. The first-order chi connectivity index (χ1) is 21.5. The molecule has 1 unspecified atom stereocenters. The van der Waals surface area contributed by atoms with Crippen LogP contribution in [0.5, 0.6) is 0 Å². The zero-order valence-corrected chi connectivity index (χ0v) is 28.4. The van der Waals surface area contributed by atoms with Crippen LogP contribution in [0.3, 0.4) is 0 Å². The van der Waals surface area contributed by atoms with Gasteiger partial charge in [-0.15, -0.1) is 0 Å². The van der Waals surface area contributed by atoms with Gasteiger partial charge in [0.15, 0.2) is 0 Å². The van der Waals surface area contributed by atoms with Gasteiger partial charge in [0.05, 0.1) is 0 Å². The van der Waals surface area contributed by atoms with E-state index in [0.717, 1.165) is 123 Å². The van der Waals surface area contributed by atoms with E-state index < -0.39 is 0 Å². The van der Waals surface area contributed by atoms with Crippen molar-refractivity contribution in [3.05, 3.63) is 29.8 Å². The van der Waals surface area contributed by atoms with Gasteiger partial charge in [0.2, 0.25) is 17.8 Å². The lowest BCUT2D eigenvalue weighted by molar-refractivity contribution is 0.105. The smallest absolute Gasteiger partial charge is 0.233 e. The molecular weight excluding hydrogens is 550 g/mol. The number of nitrogens with zero attached hydrogens (tertiary/aromatic N) is 9. The minimum atomic E-state index is 0.476. The second kappa shape index (κ2) is 17.8. The molecule has 4 rings (SSSR count). The molecule has 44 heavy (non-hydrogen) atoms. The summed E-state index contributed by atoms with van der Waals surface area (Å²) in [6.07, 6.45) is 1.04. The molecular formula is C33H59N11. The van der Waals surface area contributed by atoms with Crippen LogP contribution < -0.4 is 15.5 Å². The summed E-state index contributed by atoms with van der Waals surface area (Å²) < 4.78 is 0.